The van der Waals surface area contributed by atoms with E-state index in [0.29, 0.717) is 5.92 Å². The topological polar surface area (TPSA) is 43.8 Å². The van der Waals surface area contributed by atoms with Crippen molar-refractivity contribution in [3.63, 3.8) is 0 Å². The Morgan fingerprint density at radius 2 is 2.00 bits per heavy atom. The van der Waals surface area contributed by atoms with Crippen molar-refractivity contribution in [3.8, 4) is 5.75 Å². The number of hydrogen-bond acceptors (Lipinski definition) is 5. The second-order valence-corrected chi connectivity index (χ2v) is 8.08. The summed E-state index contributed by atoms with van der Waals surface area (Å²) >= 11 is 0. The van der Waals surface area contributed by atoms with Crippen molar-refractivity contribution in [2.75, 3.05) is 46.1 Å². The molecule has 1 aromatic rings. The molecule has 3 aliphatic heterocycles. The summed E-state index contributed by atoms with van der Waals surface area (Å²) in [5.41, 5.74) is 0.102. The van der Waals surface area contributed by atoms with E-state index in [0.717, 1.165) is 44.5 Å². The molecule has 0 radical (unpaired) electrons. The van der Waals surface area contributed by atoms with Gasteiger partial charge in [-0.3, -0.25) is 4.98 Å². The minimum Gasteiger partial charge on any atom is -0.492 e. The van der Waals surface area contributed by atoms with Gasteiger partial charge < -0.3 is 19.1 Å². The molecule has 3 aliphatic rings. The summed E-state index contributed by atoms with van der Waals surface area (Å²) in [6, 6.07) is 3.90. The van der Waals surface area contributed by atoms with Crippen LogP contribution in [-0.4, -0.2) is 61.5 Å². The third kappa shape index (κ3) is 4.38. The molecule has 0 saturated carbocycles. The highest BCUT2D eigenvalue weighted by molar-refractivity contribution is 5.15. The Morgan fingerprint density at radius 1 is 1.15 bits per heavy atom. The Labute approximate surface area is 157 Å². The molecule has 26 heavy (non-hydrogen) atoms. The van der Waals surface area contributed by atoms with Crippen molar-refractivity contribution in [1.82, 2.24) is 9.88 Å². The lowest BCUT2D eigenvalue weighted by atomic mass is 9.78. The summed E-state index contributed by atoms with van der Waals surface area (Å²) in [5, 5.41) is 0. The van der Waals surface area contributed by atoms with Crippen LogP contribution in [-0.2, 0) is 9.47 Å². The number of nitrogens with zero attached hydrogens (tertiary/aromatic N) is 2. The Morgan fingerprint density at radius 3 is 2.77 bits per heavy atom. The van der Waals surface area contributed by atoms with E-state index < -0.39 is 0 Å². The molecular weight excluding hydrogens is 328 g/mol. The average Bonchev–Trinajstić information content (AvgIpc) is 3.08. The van der Waals surface area contributed by atoms with Gasteiger partial charge in [0.25, 0.3) is 0 Å². The largest absolute Gasteiger partial charge is 0.492 e. The molecule has 3 fully saturated rings. The highest BCUT2D eigenvalue weighted by Gasteiger charge is 2.45. The van der Waals surface area contributed by atoms with Crippen molar-refractivity contribution in [3.05, 3.63) is 24.5 Å². The summed E-state index contributed by atoms with van der Waals surface area (Å²) in [7, 11) is 0. The quantitative estimate of drug-likeness (QED) is 0.780. The van der Waals surface area contributed by atoms with Crippen LogP contribution in [0.4, 0.5) is 0 Å². The van der Waals surface area contributed by atoms with Gasteiger partial charge in [-0.1, -0.05) is 0 Å². The maximum absolute atomic E-state index is 6.32. The van der Waals surface area contributed by atoms with E-state index in [9.17, 15) is 0 Å². The van der Waals surface area contributed by atoms with Gasteiger partial charge in [-0.25, -0.2) is 0 Å². The fourth-order valence-electron chi connectivity index (χ4n) is 4.91. The second kappa shape index (κ2) is 8.68. The van der Waals surface area contributed by atoms with Crippen LogP contribution >= 0.6 is 0 Å². The van der Waals surface area contributed by atoms with Crippen LogP contribution in [0.2, 0.25) is 0 Å². The molecule has 0 aromatic carbocycles. The maximum atomic E-state index is 6.32. The number of pyridine rings is 1. The Balaban J connectivity index is 1.24. The standard InChI is InChI=1S/C21H32N2O3/c1-2-20(16-22-9-1)25-14-5-19-6-15-26-21(19)7-10-23(11-8-21)17-18-3-12-24-13-4-18/h1-2,9,16,18-19H,3-8,10-15,17H2/t19-/m1/s1. The summed E-state index contributed by atoms with van der Waals surface area (Å²) in [5.74, 6) is 2.32. The molecule has 1 atom stereocenters. The molecular formula is C21H32N2O3. The van der Waals surface area contributed by atoms with Crippen molar-refractivity contribution >= 4 is 0 Å². The molecule has 5 nitrogen and oxygen atoms in total. The first-order valence-electron chi connectivity index (χ1n) is 10.3. The van der Waals surface area contributed by atoms with Gasteiger partial charge in [0.15, 0.2) is 0 Å². The molecule has 5 heteroatoms. The van der Waals surface area contributed by atoms with E-state index in [1.807, 2.05) is 12.1 Å². The normalized spacial score (nSPS) is 27.0. The highest BCUT2D eigenvalue weighted by Crippen LogP contribution is 2.42. The van der Waals surface area contributed by atoms with E-state index in [4.69, 9.17) is 14.2 Å². The van der Waals surface area contributed by atoms with E-state index >= 15 is 0 Å². The third-order valence-electron chi connectivity index (χ3n) is 6.53. The SMILES string of the molecule is c1cncc(OCC[C@@H]2CCOC23CCN(CC2CCOCC2)CC3)c1. The van der Waals surface area contributed by atoms with Gasteiger partial charge in [-0.05, 0) is 62.5 Å². The first-order valence-corrected chi connectivity index (χ1v) is 10.3. The Bertz CT molecular complexity index is 539. The van der Waals surface area contributed by atoms with Crippen molar-refractivity contribution in [2.24, 2.45) is 11.8 Å². The van der Waals surface area contributed by atoms with Crippen LogP contribution in [0.15, 0.2) is 24.5 Å². The van der Waals surface area contributed by atoms with Gasteiger partial charge in [-0.15, -0.1) is 0 Å². The number of likely N-dealkylation sites (tertiary alicyclic amines) is 1. The predicted molar refractivity (Wildman–Crippen MR) is 100 cm³/mol. The summed E-state index contributed by atoms with van der Waals surface area (Å²) in [4.78, 5) is 6.77. The lowest BCUT2D eigenvalue weighted by Gasteiger charge is -2.43. The Kier molecular flexibility index (Phi) is 6.08. The van der Waals surface area contributed by atoms with Crippen molar-refractivity contribution < 1.29 is 14.2 Å². The maximum Gasteiger partial charge on any atom is 0.137 e. The van der Waals surface area contributed by atoms with E-state index in [2.05, 4.69) is 9.88 Å². The monoisotopic (exact) mass is 360 g/mol. The molecule has 0 bridgehead atoms. The second-order valence-electron chi connectivity index (χ2n) is 8.08. The highest BCUT2D eigenvalue weighted by atomic mass is 16.5. The van der Waals surface area contributed by atoms with Gasteiger partial charge in [0.1, 0.15) is 5.75 Å². The number of aromatic nitrogens is 1. The van der Waals surface area contributed by atoms with Gasteiger partial charge in [0, 0.05) is 45.7 Å². The van der Waals surface area contributed by atoms with Gasteiger partial charge in [0.2, 0.25) is 0 Å². The van der Waals surface area contributed by atoms with Gasteiger partial charge in [0.05, 0.1) is 18.4 Å². The molecule has 0 N–H and O–H groups in total. The van der Waals surface area contributed by atoms with Crippen LogP contribution < -0.4 is 4.74 Å². The summed E-state index contributed by atoms with van der Waals surface area (Å²) in [6.45, 7) is 7.17. The smallest absolute Gasteiger partial charge is 0.137 e. The fraction of sp³-hybridized carbons (Fsp3) is 0.762. The molecule has 0 aliphatic carbocycles. The number of piperidine rings is 1. The van der Waals surface area contributed by atoms with E-state index in [1.54, 1.807) is 12.4 Å². The van der Waals surface area contributed by atoms with Crippen molar-refractivity contribution in [2.45, 2.75) is 44.1 Å². The number of ether oxygens (including phenoxy) is 3. The minimum atomic E-state index is 0.102. The van der Waals surface area contributed by atoms with Gasteiger partial charge in [-0.2, -0.15) is 0 Å². The first-order chi connectivity index (χ1) is 12.8. The zero-order chi connectivity index (χ0) is 17.7. The molecule has 3 saturated heterocycles. The number of hydrogen-bond donors (Lipinski definition) is 0. The lowest BCUT2D eigenvalue weighted by molar-refractivity contribution is -0.0733. The van der Waals surface area contributed by atoms with Crippen LogP contribution in [0.1, 0.15) is 38.5 Å². The van der Waals surface area contributed by atoms with E-state index in [1.165, 1.54) is 51.7 Å². The molecule has 4 heterocycles. The molecule has 4 rings (SSSR count). The molecule has 144 valence electrons. The Hall–Kier alpha value is -1.17. The summed E-state index contributed by atoms with van der Waals surface area (Å²) < 4.78 is 17.7. The van der Waals surface area contributed by atoms with Crippen molar-refractivity contribution in [1.29, 1.82) is 0 Å². The minimum absolute atomic E-state index is 0.102. The van der Waals surface area contributed by atoms with Crippen LogP contribution in [0.5, 0.6) is 5.75 Å². The zero-order valence-electron chi connectivity index (χ0n) is 15.8. The van der Waals surface area contributed by atoms with Crippen LogP contribution in [0.25, 0.3) is 0 Å². The molecule has 0 amide bonds. The van der Waals surface area contributed by atoms with E-state index in [-0.39, 0.29) is 5.60 Å². The van der Waals surface area contributed by atoms with Crippen LogP contribution in [0, 0.1) is 11.8 Å². The van der Waals surface area contributed by atoms with Gasteiger partial charge >= 0.3 is 0 Å². The number of rotatable bonds is 6. The fourth-order valence-corrected chi connectivity index (χ4v) is 4.91. The molecule has 1 aromatic heterocycles. The molecule has 1 spiro atoms. The first kappa shape index (κ1) is 18.2. The summed E-state index contributed by atoms with van der Waals surface area (Å²) in [6.07, 6.45) is 10.6. The average molecular weight is 360 g/mol. The van der Waals surface area contributed by atoms with Crippen LogP contribution in [0.3, 0.4) is 0 Å². The zero-order valence-corrected chi connectivity index (χ0v) is 15.8. The molecule has 0 unspecified atom stereocenters. The predicted octanol–water partition coefficient (Wildman–Crippen LogP) is 3.15. The third-order valence-corrected chi connectivity index (χ3v) is 6.53. The lowest BCUT2D eigenvalue weighted by Crippen LogP contribution is -2.49.